The Kier molecular flexibility index (Phi) is 8.04. The van der Waals surface area contributed by atoms with Gasteiger partial charge in [-0.2, -0.15) is 5.10 Å². The molecule has 5 rings (SSSR count). The summed E-state index contributed by atoms with van der Waals surface area (Å²) in [6.07, 6.45) is 3.43. The molecule has 8 heteroatoms. The molecule has 0 saturated heterocycles. The zero-order valence-corrected chi connectivity index (χ0v) is 25.4. The Bertz CT molecular complexity index is 1590. The summed E-state index contributed by atoms with van der Waals surface area (Å²) in [5, 5.41) is 8.07. The second kappa shape index (κ2) is 11.5. The van der Waals surface area contributed by atoms with Gasteiger partial charge in [-0.15, -0.1) is 11.8 Å². The third-order valence-electron chi connectivity index (χ3n) is 7.24. The first-order valence-electron chi connectivity index (χ1n) is 13.9. The van der Waals surface area contributed by atoms with E-state index in [1.165, 1.54) is 0 Å². The largest absolute Gasteiger partial charge is 0.350 e. The van der Waals surface area contributed by atoms with Crippen molar-refractivity contribution < 1.29 is 9.59 Å². The van der Waals surface area contributed by atoms with Crippen molar-refractivity contribution in [2.24, 2.45) is 0 Å². The zero-order chi connectivity index (χ0) is 29.3. The minimum Gasteiger partial charge on any atom is -0.350 e. The van der Waals surface area contributed by atoms with Crippen LogP contribution >= 0.6 is 11.8 Å². The molecule has 0 radical (unpaired) electrons. The fraction of sp³-hybridized carbons (Fsp3) is 0.333. The molecule has 212 valence electrons. The smallest absolute Gasteiger partial charge is 0.240 e. The lowest BCUT2D eigenvalue weighted by atomic mass is 9.87. The number of amides is 2. The molecular formula is C33H37N5O2S. The van der Waals surface area contributed by atoms with E-state index in [9.17, 15) is 9.59 Å². The standard InChI is InChI=1S/C33H37N5O2S/c1-21-9-7-11-25(16-21)30-29-31(33(4,5)6)36-38(26-13-12-22(2)15-23(26)3)32(29)37(28(40)20-41-30)19-27(39)35-18-24-10-8-14-34-17-24/h7-17,30H,18-20H2,1-6H3,(H,35,39). The third kappa shape index (κ3) is 6.07. The van der Waals surface area contributed by atoms with E-state index in [0.717, 1.165) is 44.8 Å². The molecule has 0 spiro atoms. The number of carbonyl (C=O) groups excluding carboxylic acids is 2. The summed E-state index contributed by atoms with van der Waals surface area (Å²) in [6.45, 7) is 12.9. The number of anilines is 1. The Balaban J connectivity index is 1.68. The summed E-state index contributed by atoms with van der Waals surface area (Å²) in [5.41, 5.74) is 7.87. The molecule has 1 N–H and O–H groups in total. The second-order valence-electron chi connectivity index (χ2n) is 11.8. The monoisotopic (exact) mass is 567 g/mol. The van der Waals surface area contributed by atoms with E-state index < -0.39 is 0 Å². The SMILES string of the molecule is Cc1cccc(C2SCC(=O)N(CC(=O)NCc3cccnc3)c3c2c(C(C)(C)C)nn3-c2ccc(C)cc2C)c1. The predicted molar refractivity (Wildman–Crippen MR) is 166 cm³/mol. The Morgan fingerprint density at radius 3 is 2.51 bits per heavy atom. The van der Waals surface area contributed by atoms with Crippen LogP contribution in [0.2, 0.25) is 0 Å². The van der Waals surface area contributed by atoms with Gasteiger partial charge in [0.25, 0.3) is 0 Å². The summed E-state index contributed by atoms with van der Waals surface area (Å²) < 4.78 is 1.89. The summed E-state index contributed by atoms with van der Waals surface area (Å²) in [4.78, 5) is 33.0. The Morgan fingerprint density at radius 1 is 1.05 bits per heavy atom. The van der Waals surface area contributed by atoms with Crippen molar-refractivity contribution in [3.05, 3.63) is 106 Å². The van der Waals surface area contributed by atoms with Crippen LogP contribution in [-0.2, 0) is 21.5 Å². The fourth-order valence-corrected chi connectivity index (χ4v) is 6.47. The molecule has 2 amide bonds. The molecule has 1 aliphatic heterocycles. The summed E-state index contributed by atoms with van der Waals surface area (Å²) in [7, 11) is 0. The van der Waals surface area contributed by atoms with Crippen molar-refractivity contribution in [1.82, 2.24) is 20.1 Å². The lowest BCUT2D eigenvalue weighted by Crippen LogP contribution is -2.42. The molecule has 4 aromatic rings. The van der Waals surface area contributed by atoms with Crippen LogP contribution in [0.1, 0.15) is 65.1 Å². The number of aryl methyl sites for hydroxylation is 3. The van der Waals surface area contributed by atoms with E-state index in [0.29, 0.717) is 12.4 Å². The number of nitrogens with one attached hydrogen (secondary N) is 1. The molecule has 0 aliphatic carbocycles. The van der Waals surface area contributed by atoms with Gasteiger partial charge in [0.15, 0.2) is 0 Å². The molecule has 41 heavy (non-hydrogen) atoms. The average molecular weight is 568 g/mol. The maximum Gasteiger partial charge on any atom is 0.240 e. The molecule has 1 unspecified atom stereocenters. The molecule has 0 fully saturated rings. The molecule has 0 bridgehead atoms. The third-order valence-corrected chi connectivity index (χ3v) is 8.49. The van der Waals surface area contributed by atoms with Gasteiger partial charge < -0.3 is 5.32 Å². The van der Waals surface area contributed by atoms with Crippen LogP contribution in [0.15, 0.2) is 67.0 Å². The van der Waals surface area contributed by atoms with Crippen molar-refractivity contribution >= 4 is 29.4 Å². The van der Waals surface area contributed by atoms with E-state index in [1.54, 1.807) is 29.1 Å². The maximum absolute atomic E-state index is 13.9. The van der Waals surface area contributed by atoms with Gasteiger partial charge in [0.2, 0.25) is 11.8 Å². The highest BCUT2D eigenvalue weighted by Gasteiger charge is 2.40. The molecule has 3 heterocycles. The predicted octanol–water partition coefficient (Wildman–Crippen LogP) is 5.98. The number of pyridine rings is 1. The molecule has 2 aromatic carbocycles. The van der Waals surface area contributed by atoms with Gasteiger partial charge in [0.05, 0.1) is 22.4 Å². The first-order chi connectivity index (χ1) is 19.5. The van der Waals surface area contributed by atoms with E-state index in [4.69, 9.17) is 5.10 Å². The van der Waals surface area contributed by atoms with E-state index in [2.05, 4.69) is 94.3 Å². The number of hydrogen-bond acceptors (Lipinski definition) is 5. The number of hydrogen-bond donors (Lipinski definition) is 1. The lowest BCUT2D eigenvalue weighted by molar-refractivity contribution is -0.123. The van der Waals surface area contributed by atoms with Crippen LogP contribution in [0.25, 0.3) is 5.69 Å². The van der Waals surface area contributed by atoms with Gasteiger partial charge in [-0.05, 0) is 49.6 Å². The molecule has 1 atom stereocenters. The summed E-state index contributed by atoms with van der Waals surface area (Å²) >= 11 is 1.60. The van der Waals surface area contributed by atoms with Crippen LogP contribution in [-0.4, -0.2) is 38.9 Å². The topological polar surface area (TPSA) is 80.1 Å². The minimum absolute atomic E-state index is 0.104. The molecule has 2 aromatic heterocycles. The molecular weight excluding hydrogens is 530 g/mol. The van der Waals surface area contributed by atoms with E-state index in [1.807, 2.05) is 16.8 Å². The number of aromatic nitrogens is 3. The van der Waals surface area contributed by atoms with Crippen molar-refractivity contribution in [1.29, 1.82) is 0 Å². The maximum atomic E-state index is 13.9. The van der Waals surface area contributed by atoms with Gasteiger partial charge in [0.1, 0.15) is 12.4 Å². The van der Waals surface area contributed by atoms with Crippen LogP contribution in [0, 0.1) is 20.8 Å². The van der Waals surface area contributed by atoms with Crippen LogP contribution < -0.4 is 10.2 Å². The number of thioether (sulfide) groups is 1. The van der Waals surface area contributed by atoms with Crippen LogP contribution in [0.4, 0.5) is 5.82 Å². The first kappa shape index (κ1) is 28.6. The molecule has 1 aliphatic rings. The molecule has 0 saturated carbocycles. The van der Waals surface area contributed by atoms with Crippen LogP contribution in [0.5, 0.6) is 0 Å². The highest BCUT2D eigenvalue weighted by Crippen LogP contribution is 2.48. The Labute approximate surface area is 246 Å². The number of carbonyl (C=O) groups is 2. The van der Waals surface area contributed by atoms with Gasteiger partial charge in [-0.25, -0.2) is 4.68 Å². The van der Waals surface area contributed by atoms with Crippen molar-refractivity contribution in [3.8, 4) is 5.69 Å². The number of nitrogens with zero attached hydrogens (tertiary/aromatic N) is 4. The Morgan fingerprint density at radius 2 is 1.83 bits per heavy atom. The Hall–Kier alpha value is -3.91. The second-order valence-corrected chi connectivity index (χ2v) is 12.9. The lowest BCUT2D eigenvalue weighted by Gasteiger charge is -2.25. The van der Waals surface area contributed by atoms with Gasteiger partial charge in [-0.3, -0.25) is 19.5 Å². The van der Waals surface area contributed by atoms with Gasteiger partial charge in [-0.1, -0.05) is 74.4 Å². The highest BCUT2D eigenvalue weighted by atomic mass is 32.2. The summed E-state index contributed by atoms with van der Waals surface area (Å²) in [6, 6.07) is 18.4. The van der Waals surface area contributed by atoms with Gasteiger partial charge in [0, 0.05) is 29.9 Å². The van der Waals surface area contributed by atoms with Crippen LogP contribution in [0.3, 0.4) is 0 Å². The number of rotatable bonds is 6. The normalized spacial score (nSPS) is 15.4. The minimum atomic E-state index is -0.307. The van der Waals surface area contributed by atoms with E-state index in [-0.39, 0.29) is 34.8 Å². The van der Waals surface area contributed by atoms with E-state index >= 15 is 0 Å². The molecule has 7 nitrogen and oxygen atoms in total. The first-order valence-corrected chi connectivity index (χ1v) is 14.9. The van der Waals surface area contributed by atoms with Crippen molar-refractivity contribution in [2.75, 3.05) is 17.2 Å². The summed E-state index contributed by atoms with van der Waals surface area (Å²) in [5.74, 6) is 0.562. The zero-order valence-electron chi connectivity index (χ0n) is 24.6. The fourth-order valence-electron chi connectivity index (χ4n) is 5.28. The number of benzene rings is 2. The van der Waals surface area contributed by atoms with Crippen molar-refractivity contribution in [3.63, 3.8) is 0 Å². The highest BCUT2D eigenvalue weighted by molar-refractivity contribution is 8.00. The quantitative estimate of drug-likeness (QED) is 0.310. The number of fused-ring (bicyclic) bond motifs is 1. The average Bonchev–Trinajstić information content (AvgIpc) is 3.25. The van der Waals surface area contributed by atoms with Crippen molar-refractivity contribution in [2.45, 2.75) is 58.8 Å². The van der Waals surface area contributed by atoms with Gasteiger partial charge >= 0.3 is 0 Å².